The van der Waals surface area contributed by atoms with Crippen LogP contribution >= 0.6 is 0 Å². The Kier molecular flexibility index (Phi) is 27.4. The SMILES string of the molecule is CC(C)O.CC(C)OC(C)OC(C)C.CC=O.O. The summed E-state index contributed by atoms with van der Waals surface area (Å²) >= 11 is 0. The lowest BCUT2D eigenvalue weighted by Gasteiger charge is -2.18. The van der Waals surface area contributed by atoms with Crippen molar-refractivity contribution in [2.24, 2.45) is 0 Å². The van der Waals surface area contributed by atoms with Gasteiger partial charge in [-0.15, -0.1) is 0 Å². The molecule has 0 aromatic carbocycles. The molecule has 0 rings (SSSR count). The molecule has 0 atom stereocenters. The fourth-order valence-electron chi connectivity index (χ4n) is 0.799. The number of carbonyl (C=O) groups is 1. The van der Waals surface area contributed by atoms with Crippen molar-refractivity contribution < 1.29 is 24.9 Å². The van der Waals surface area contributed by atoms with Gasteiger partial charge in [0, 0.05) is 6.10 Å². The zero-order valence-electron chi connectivity index (χ0n) is 13.1. The summed E-state index contributed by atoms with van der Waals surface area (Å²) in [5.74, 6) is 0. The van der Waals surface area contributed by atoms with Gasteiger partial charge < -0.3 is 24.9 Å². The highest BCUT2D eigenvalue weighted by Crippen LogP contribution is 2.01. The van der Waals surface area contributed by atoms with E-state index in [-0.39, 0.29) is 30.1 Å². The van der Waals surface area contributed by atoms with Gasteiger partial charge in [0.25, 0.3) is 0 Å². The van der Waals surface area contributed by atoms with Crippen LogP contribution in [0.15, 0.2) is 0 Å². The summed E-state index contributed by atoms with van der Waals surface area (Å²) in [7, 11) is 0. The Hall–Kier alpha value is -0.490. The third-order valence-electron chi connectivity index (χ3n) is 0.928. The van der Waals surface area contributed by atoms with Crippen molar-refractivity contribution in [1.29, 1.82) is 0 Å². The third-order valence-corrected chi connectivity index (χ3v) is 0.928. The highest BCUT2D eigenvalue weighted by atomic mass is 16.7. The van der Waals surface area contributed by atoms with Gasteiger partial charge in [0.1, 0.15) is 6.29 Å². The minimum Gasteiger partial charge on any atom is -0.412 e. The summed E-state index contributed by atoms with van der Waals surface area (Å²) in [6, 6.07) is 0. The van der Waals surface area contributed by atoms with E-state index in [0.29, 0.717) is 0 Å². The predicted octanol–water partition coefficient (Wildman–Crippen LogP) is 1.95. The summed E-state index contributed by atoms with van der Waals surface area (Å²) in [5.41, 5.74) is 0. The molecule has 0 radical (unpaired) electrons. The Morgan fingerprint density at radius 3 is 1.17 bits per heavy atom. The molecule has 0 bridgehead atoms. The molecule has 0 aromatic heterocycles. The molecule has 5 nitrogen and oxygen atoms in total. The topological polar surface area (TPSA) is 87.3 Å². The van der Waals surface area contributed by atoms with Crippen LogP contribution in [0.2, 0.25) is 0 Å². The maximum atomic E-state index is 8.81. The highest BCUT2D eigenvalue weighted by molar-refractivity contribution is 5.44. The number of ether oxygens (including phenoxy) is 2. The monoisotopic (exact) mass is 268 g/mol. The lowest BCUT2D eigenvalue weighted by atomic mass is 10.4. The third kappa shape index (κ3) is 57.9. The largest absolute Gasteiger partial charge is 0.412 e. The maximum absolute atomic E-state index is 8.81. The van der Waals surface area contributed by atoms with Gasteiger partial charge in [-0.25, -0.2) is 0 Å². The second-order valence-electron chi connectivity index (χ2n) is 4.27. The van der Waals surface area contributed by atoms with Crippen LogP contribution in [-0.2, 0) is 14.3 Å². The summed E-state index contributed by atoms with van der Waals surface area (Å²) in [4.78, 5) is 8.81. The Balaban J connectivity index is -0.000000103. The van der Waals surface area contributed by atoms with Gasteiger partial charge in [-0.2, -0.15) is 0 Å². The lowest BCUT2D eigenvalue weighted by molar-refractivity contribution is -0.169. The van der Waals surface area contributed by atoms with E-state index in [1.165, 1.54) is 6.92 Å². The Bertz CT molecular complexity index is 134. The van der Waals surface area contributed by atoms with E-state index in [4.69, 9.17) is 19.4 Å². The second kappa shape index (κ2) is 18.9. The number of aldehydes is 1. The molecule has 0 spiro atoms. The normalized spacial score (nSPS) is 9.39. The molecular weight excluding hydrogens is 236 g/mol. The Labute approximate surface area is 112 Å². The van der Waals surface area contributed by atoms with Crippen LogP contribution in [-0.4, -0.2) is 41.5 Å². The van der Waals surface area contributed by atoms with Gasteiger partial charge in [-0.05, 0) is 55.4 Å². The summed E-state index contributed by atoms with van der Waals surface area (Å²) in [6.07, 6.45) is 0.988. The molecule has 0 aliphatic carbocycles. The van der Waals surface area contributed by atoms with Gasteiger partial charge in [0.15, 0.2) is 6.29 Å². The van der Waals surface area contributed by atoms with Crippen LogP contribution in [0.4, 0.5) is 0 Å². The molecule has 3 N–H and O–H groups in total. The summed E-state index contributed by atoms with van der Waals surface area (Å²) in [6.45, 7) is 14.8. The standard InChI is InChI=1S/C8H18O2.C3H8O.C2H4O.H2O/c1-6(2)9-8(5)10-7(3)4;1-3(2)4;1-2-3;/h6-8H,1-5H3;3-4H,1-2H3;2H,1H3;1H2. The molecule has 114 valence electrons. The van der Waals surface area contributed by atoms with E-state index in [2.05, 4.69) is 0 Å². The van der Waals surface area contributed by atoms with E-state index in [1.54, 1.807) is 13.8 Å². The van der Waals surface area contributed by atoms with Gasteiger partial charge in [-0.1, -0.05) is 0 Å². The molecule has 0 aliphatic rings. The molecule has 0 aromatic rings. The zero-order valence-corrected chi connectivity index (χ0v) is 13.1. The molecule has 0 amide bonds. The lowest BCUT2D eigenvalue weighted by Crippen LogP contribution is -2.21. The molecule has 18 heavy (non-hydrogen) atoms. The van der Waals surface area contributed by atoms with Crippen molar-refractivity contribution in [2.45, 2.75) is 80.0 Å². The van der Waals surface area contributed by atoms with Gasteiger partial charge in [0.05, 0.1) is 12.2 Å². The molecule has 0 unspecified atom stereocenters. The predicted molar refractivity (Wildman–Crippen MR) is 74.6 cm³/mol. The first-order chi connectivity index (χ1) is 7.67. The molecule has 0 aliphatic heterocycles. The fraction of sp³-hybridized carbons (Fsp3) is 0.923. The summed E-state index contributed by atoms with van der Waals surface area (Å²) < 4.78 is 10.7. The van der Waals surface area contributed by atoms with E-state index < -0.39 is 0 Å². The van der Waals surface area contributed by atoms with Crippen molar-refractivity contribution in [2.75, 3.05) is 0 Å². The second-order valence-corrected chi connectivity index (χ2v) is 4.27. The fourth-order valence-corrected chi connectivity index (χ4v) is 0.799. The minimum atomic E-state index is -0.167. The number of hydrogen-bond donors (Lipinski definition) is 1. The van der Waals surface area contributed by atoms with Crippen LogP contribution in [0.3, 0.4) is 0 Å². The summed E-state index contributed by atoms with van der Waals surface area (Å²) in [5, 5.41) is 8.06. The van der Waals surface area contributed by atoms with E-state index in [1.807, 2.05) is 34.6 Å². The zero-order chi connectivity index (χ0) is 14.4. The molecule has 0 saturated carbocycles. The van der Waals surface area contributed by atoms with Crippen LogP contribution < -0.4 is 0 Å². The number of carbonyl (C=O) groups excluding carboxylic acids is 1. The van der Waals surface area contributed by atoms with E-state index in [0.717, 1.165) is 6.29 Å². The van der Waals surface area contributed by atoms with Gasteiger partial charge >= 0.3 is 0 Å². The van der Waals surface area contributed by atoms with Crippen molar-refractivity contribution in [3.05, 3.63) is 0 Å². The Morgan fingerprint density at radius 1 is 0.889 bits per heavy atom. The van der Waals surface area contributed by atoms with Crippen LogP contribution in [0, 0.1) is 0 Å². The van der Waals surface area contributed by atoms with Gasteiger partial charge in [0.2, 0.25) is 0 Å². The van der Waals surface area contributed by atoms with Crippen molar-refractivity contribution in [3.8, 4) is 0 Å². The van der Waals surface area contributed by atoms with Crippen LogP contribution in [0.25, 0.3) is 0 Å². The van der Waals surface area contributed by atoms with Crippen molar-refractivity contribution in [3.63, 3.8) is 0 Å². The first-order valence-corrected chi connectivity index (χ1v) is 6.06. The van der Waals surface area contributed by atoms with E-state index in [9.17, 15) is 0 Å². The molecule has 0 saturated heterocycles. The molecular formula is C13H32O5. The molecule has 0 fully saturated rings. The Morgan fingerprint density at radius 2 is 1.06 bits per heavy atom. The van der Waals surface area contributed by atoms with Crippen LogP contribution in [0.5, 0.6) is 0 Å². The molecule has 0 heterocycles. The highest BCUT2D eigenvalue weighted by Gasteiger charge is 2.05. The number of aliphatic hydroxyl groups excluding tert-OH is 1. The first kappa shape index (κ1) is 26.1. The molecule has 5 heteroatoms. The average molecular weight is 268 g/mol. The quantitative estimate of drug-likeness (QED) is 0.623. The minimum absolute atomic E-state index is 0. The van der Waals surface area contributed by atoms with E-state index >= 15 is 0 Å². The maximum Gasteiger partial charge on any atom is 0.155 e. The van der Waals surface area contributed by atoms with Crippen molar-refractivity contribution in [1.82, 2.24) is 0 Å². The number of aliphatic hydroxyl groups is 1. The van der Waals surface area contributed by atoms with Crippen molar-refractivity contribution >= 4 is 6.29 Å². The first-order valence-electron chi connectivity index (χ1n) is 6.06. The number of hydrogen-bond acceptors (Lipinski definition) is 4. The van der Waals surface area contributed by atoms with Crippen LogP contribution in [0.1, 0.15) is 55.4 Å². The van der Waals surface area contributed by atoms with Gasteiger partial charge in [-0.3, -0.25) is 0 Å². The smallest absolute Gasteiger partial charge is 0.155 e. The number of rotatable bonds is 4. The average Bonchev–Trinajstić information content (AvgIpc) is 1.99.